The molecule has 0 radical (unpaired) electrons. The van der Waals surface area contributed by atoms with E-state index in [-0.39, 0.29) is 11.3 Å². The molecular weight excluding hydrogens is 370 g/mol. The third-order valence-electron chi connectivity index (χ3n) is 4.61. The molecule has 0 aliphatic heterocycles. The number of amides is 1. The SMILES string of the molecule is CCc1cc([C@@H](C)NC(=O)c2cc(=O)[nH]c(-c3ccccc3)n2)ccc1C(=O)O. The quantitative estimate of drug-likeness (QED) is 0.597. The Morgan fingerprint density at radius 2 is 1.86 bits per heavy atom. The Morgan fingerprint density at radius 1 is 1.14 bits per heavy atom. The maximum Gasteiger partial charge on any atom is 0.335 e. The van der Waals surface area contributed by atoms with Crippen molar-refractivity contribution >= 4 is 11.9 Å². The first kappa shape index (κ1) is 20.0. The second-order valence-electron chi connectivity index (χ2n) is 6.62. The number of rotatable bonds is 6. The van der Waals surface area contributed by atoms with Gasteiger partial charge in [0.25, 0.3) is 11.5 Å². The zero-order chi connectivity index (χ0) is 21.0. The molecule has 0 unspecified atom stereocenters. The molecule has 7 heteroatoms. The van der Waals surface area contributed by atoms with Crippen LogP contribution in [0.4, 0.5) is 0 Å². The van der Waals surface area contributed by atoms with Gasteiger partial charge in [-0.3, -0.25) is 9.59 Å². The van der Waals surface area contributed by atoms with Gasteiger partial charge in [0.2, 0.25) is 0 Å². The first-order valence-electron chi connectivity index (χ1n) is 9.22. The lowest BCUT2D eigenvalue weighted by atomic mass is 9.98. The Balaban J connectivity index is 1.84. The molecule has 0 aliphatic rings. The highest BCUT2D eigenvalue weighted by Gasteiger charge is 2.17. The van der Waals surface area contributed by atoms with Gasteiger partial charge in [0.05, 0.1) is 11.6 Å². The van der Waals surface area contributed by atoms with Crippen LogP contribution in [0.1, 0.15) is 51.9 Å². The minimum Gasteiger partial charge on any atom is -0.478 e. The van der Waals surface area contributed by atoms with Gasteiger partial charge in [0.15, 0.2) is 0 Å². The number of aromatic amines is 1. The van der Waals surface area contributed by atoms with E-state index in [1.807, 2.05) is 25.1 Å². The van der Waals surface area contributed by atoms with E-state index >= 15 is 0 Å². The lowest BCUT2D eigenvalue weighted by Gasteiger charge is -2.16. The number of carbonyl (C=O) groups excluding carboxylic acids is 1. The average Bonchev–Trinajstić information content (AvgIpc) is 2.73. The highest BCUT2D eigenvalue weighted by Crippen LogP contribution is 2.19. The summed E-state index contributed by atoms with van der Waals surface area (Å²) in [7, 11) is 0. The number of H-pyrrole nitrogens is 1. The molecule has 1 atom stereocenters. The molecule has 0 saturated carbocycles. The zero-order valence-electron chi connectivity index (χ0n) is 16.1. The summed E-state index contributed by atoms with van der Waals surface area (Å²) in [6, 6.07) is 14.8. The van der Waals surface area contributed by atoms with E-state index < -0.39 is 23.5 Å². The first-order valence-corrected chi connectivity index (χ1v) is 9.22. The summed E-state index contributed by atoms with van der Waals surface area (Å²) >= 11 is 0. The van der Waals surface area contributed by atoms with Crippen LogP contribution in [0.2, 0.25) is 0 Å². The van der Waals surface area contributed by atoms with Gasteiger partial charge in [-0.2, -0.15) is 0 Å². The van der Waals surface area contributed by atoms with E-state index in [0.29, 0.717) is 23.4 Å². The number of hydrogen-bond acceptors (Lipinski definition) is 4. The Labute approximate surface area is 167 Å². The van der Waals surface area contributed by atoms with E-state index in [4.69, 9.17) is 0 Å². The average molecular weight is 391 g/mol. The minimum absolute atomic E-state index is 0.0114. The van der Waals surface area contributed by atoms with Crippen LogP contribution in [0.15, 0.2) is 59.4 Å². The van der Waals surface area contributed by atoms with Crippen LogP contribution in [-0.4, -0.2) is 27.0 Å². The monoisotopic (exact) mass is 391 g/mol. The largest absolute Gasteiger partial charge is 0.478 e. The lowest BCUT2D eigenvalue weighted by Crippen LogP contribution is -2.29. The number of carboxylic acids is 1. The van der Waals surface area contributed by atoms with Crippen molar-refractivity contribution in [2.75, 3.05) is 0 Å². The predicted octanol–water partition coefficient (Wildman–Crippen LogP) is 3.19. The van der Waals surface area contributed by atoms with E-state index in [1.54, 1.807) is 31.2 Å². The first-order chi connectivity index (χ1) is 13.9. The third-order valence-corrected chi connectivity index (χ3v) is 4.61. The molecule has 148 valence electrons. The van der Waals surface area contributed by atoms with Crippen LogP contribution < -0.4 is 10.9 Å². The smallest absolute Gasteiger partial charge is 0.335 e. The lowest BCUT2D eigenvalue weighted by molar-refractivity contribution is 0.0695. The number of hydrogen-bond donors (Lipinski definition) is 3. The van der Waals surface area contributed by atoms with E-state index in [0.717, 1.165) is 11.6 Å². The molecule has 0 saturated heterocycles. The molecule has 2 aromatic carbocycles. The van der Waals surface area contributed by atoms with Crippen molar-refractivity contribution in [3.8, 4) is 11.4 Å². The standard InChI is InChI=1S/C22H21N3O4/c1-3-14-11-16(9-10-17(14)22(28)29)13(2)23-21(27)18-12-19(26)25-20(24-18)15-7-5-4-6-8-15/h4-13H,3H2,1-2H3,(H,23,27)(H,28,29)(H,24,25,26)/t13-/m1/s1. The summed E-state index contributed by atoms with van der Waals surface area (Å²) in [5, 5.41) is 12.1. The van der Waals surface area contributed by atoms with Crippen molar-refractivity contribution < 1.29 is 14.7 Å². The fourth-order valence-corrected chi connectivity index (χ4v) is 3.04. The Bertz CT molecular complexity index is 1110. The molecule has 29 heavy (non-hydrogen) atoms. The number of carboxylic acid groups (broad SMARTS) is 1. The highest BCUT2D eigenvalue weighted by molar-refractivity contribution is 5.93. The van der Waals surface area contributed by atoms with Crippen molar-refractivity contribution in [1.82, 2.24) is 15.3 Å². The minimum atomic E-state index is -0.980. The molecule has 3 N–H and O–H groups in total. The third kappa shape index (κ3) is 4.57. The van der Waals surface area contributed by atoms with E-state index in [9.17, 15) is 19.5 Å². The summed E-state index contributed by atoms with van der Waals surface area (Å²) < 4.78 is 0. The maximum atomic E-state index is 12.7. The van der Waals surface area contributed by atoms with Crippen molar-refractivity contribution in [3.63, 3.8) is 0 Å². The Kier molecular flexibility index (Phi) is 5.87. The van der Waals surface area contributed by atoms with Crippen LogP contribution in [-0.2, 0) is 6.42 Å². The number of aryl methyl sites for hydroxylation is 1. The van der Waals surface area contributed by atoms with Crippen molar-refractivity contribution in [2.45, 2.75) is 26.3 Å². The Morgan fingerprint density at radius 3 is 2.52 bits per heavy atom. The summed E-state index contributed by atoms with van der Waals surface area (Å²) in [5.41, 5.74) is 2.00. The fourth-order valence-electron chi connectivity index (χ4n) is 3.04. The van der Waals surface area contributed by atoms with Crippen molar-refractivity contribution in [2.24, 2.45) is 0 Å². The van der Waals surface area contributed by atoms with Gasteiger partial charge in [-0.15, -0.1) is 0 Å². The summed E-state index contributed by atoms with van der Waals surface area (Å²) in [4.78, 5) is 42.9. The molecule has 0 aliphatic carbocycles. The van der Waals surface area contributed by atoms with Gasteiger partial charge < -0.3 is 15.4 Å². The summed E-state index contributed by atoms with van der Waals surface area (Å²) in [6.07, 6.45) is 0.562. The van der Waals surface area contributed by atoms with Gasteiger partial charge in [-0.05, 0) is 30.5 Å². The van der Waals surface area contributed by atoms with Gasteiger partial charge in [-0.1, -0.05) is 49.4 Å². The maximum absolute atomic E-state index is 12.7. The molecule has 1 heterocycles. The predicted molar refractivity (Wildman–Crippen MR) is 109 cm³/mol. The number of aromatic nitrogens is 2. The molecule has 1 amide bonds. The molecule has 7 nitrogen and oxygen atoms in total. The molecule has 3 aromatic rings. The number of nitrogens with zero attached hydrogens (tertiary/aromatic N) is 1. The number of benzene rings is 2. The number of aromatic carboxylic acids is 1. The van der Waals surface area contributed by atoms with Crippen molar-refractivity contribution in [1.29, 1.82) is 0 Å². The zero-order valence-corrected chi connectivity index (χ0v) is 16.1. The summed E-state index contributed by atoms with van der Waals surface area (Å²) in [5.74, 6) is -1.15. The second-order valence-corrected chi connectivity index (χ2v) is 6.62. The molecule has 0 spiro atoms. The van der Waals surface area contributed by atoms with Crippen LogP contribution in [0.25, 0.3) is 11.4 Å². The molecule has 1 aromatic heterocycles. The normalized spacial score (nSPS) is 11.7. The molecular formula is C22H21N3O4. The number of nitrogens with one attached hydrogen (secondary N) is 2. The van der Waals surface area contributed by atoms with Gasteiger partial charge in [0, 0.05) is 11.6 Å². The van der Waals surface area contributed by atoms with Crippen LogP contribution in [0, 0.1) is 0 Å². The fraction of sp³-hybridized carbons (Fsp3) is 0.182. The van der Waals surface area contributed by atoms with Crippen LogP contribution in [0.3, 0.4) is 0 Å². The van der Waals surface area contributed by atoms with E-state index in [1.165, 1.54) is 6.07 Å². The van der Waals surface area contributed by atoms with Gasteiger partial charge in [0.1, 0.15) is 11.5 Å². The second kappa shape index (κ2) is 8.52. The molecule has 0 bridgehead atoms. The number of carbonyl (C=O) groups is 2. The van der Waals surface area contributed by atoms with Crippen LogP contribution >= 0.6 is 0 Å². The molecule has 3 rings (SSSR count). The molecule has 0 fully saturated rings. The van der Waals surface area contributed by atoms with E-state index in [2.05, 4.69) is 15.3 Å². The van der Waals surface area contributed by atoms with Gasteiger partial charge in [-0.25, -0.2) is 9.78 Å². The highest BCUT2D eigenvalue weighted by atomic mass is 16.4. The summed E-state index contributed by atoms with van der Waals surface area (Å²) in [6.45, 7) is 3.67. The van der Waals surface area contributed by atoms with Crippen LogP contribution in [0.5, 0.6) is 0 Å². The topological polar surface area (TPSA) is 112 Å². The van der Waals surface area contributed by atoms with Crippen molar-refractivity contribution in [3.05, 3.63) is 87.3 Å². The Hall–Kier alpha value is -3.74. The van der Waals surface area contributed by atoms with Gasteiger partial charge >= 0.3 is 5.97 Å².